The van der Waals surface area contributed by atoms with Crippen LogP contribution in [0.3, 0.4) is 0 Å². The zero-order valence-corrected chi connectivity index (χ0v) is 8.58. The lowest BCUT2D eigenvalue weighted by Gasteiger charge is -2.07. The average molecular weight is 203 g/mol. The number of carbonyl (C=O) groups is 1. The van der Waals surface area contributed by atoms with Crippen LogP contribution in [0.5, 0.6) is 0 Å². The number of para-hydroxylation sites is 1. The zero-order chi connectivity index (χ0) is 11.1. The number of nitriles is 1. The lowest BCUT2D eigenvalue weighted by Crippen LogP contribution is -2.29. The third-order valence-electron chi connectivity index (χ3n) is 1.86. The van der Waals surface area contributed by atoms with E-state index < -0.39 is 0 Å². The fraction of sp³-hybridized carbons (Fsp3) is 0.273. The normalized spacial score (nSPS) is 9.07. The molecule has 78 valence electrons. The van der Waals surface area contributed by atoms with Gasteiger partial charge in [-0.1, -0.05) is 12.1 Å². The number of likely N-dealkylation sites (N-methyl/N-ethyl adjacent to an activating group) is 1. The van der Waals surface area contributed by atoms with Crippen LogP contribution in [0.2, 0.25) is 0 Å². The number of benzene rings is 1. The summed E-state index contributed by atoms with van der Waals surface area (Å²) in [7, 11) is 0. The van der Waals surface area contributed by atoms with E-state index in [0.717, 1.165) is 0 Å². The summed E-state index contributed by atoms with van der Waals surface area (Å²) in [5, 5.41) is 14.4. The first-order chi connectivity index (χ1) is 7.27. The first kappa shape index (κ1) is 11.1. The van der Waals surface area contributed by atoms with Crippen molar-refractivity contribution >= 4 is 11.6 Å². The number of rotatable bonds is 4. The molecule has 0 saturated heterocycles. The van der Waals surface area contributed by atoms with Crippen LogP contribution in [0.25, 0.3) is 0 Å². The summed E-state index contributed by atoms with van der Waals surface area (Å²) in [5.41, 5.74) is 1.23. The largest absolute Gasteiger partial charge is 0.375 e. The van der Waals surface area contributed by atoms with E-state index in [9.17, 15) is 4.79 Å². The molecule has 1 rings (SSSR count). The Hall–Kier alpha value is -2.02. The zero-order valence-electron chi connectivity index (χ0n) is 8.58. The highest BCUT2D eigenvalue weighted by Gasteiger charge is 2.02. The molecule has 0 atom stereocenters. The quantitative estimate of drug-likeness (QED) is 0.770. The summed E-state index contributed by atoms with van der Waals surface area (Å²) >= 11 is 0. The van der Waals surface area contributed by atoms with Crippen LogP contribution in [0.15, 0.2) is 24.3 Å². The standard InChI is InChI=1S/C11H13N3O/c1-2-13-11(15)8-14-10-6-4-3-5-9(10)7-12/h3-6,14H,2,8H2,1H3,(H,13,15). The second-order valence-corrected chi connectivity index (χ2v) is 2.96. The van der Waals surface area contributed by atoms with Crippen molar-refractivity contribution in [3.05, 3.63) is 29.8 Å². The van der Waals surface area contributed by atoms with Crippen molar-refractivity contribution in [3.8, 4) is 6.07 Å². The molecule has 15 heavy (non-hydrogen) atoms. The topological polar surface area (TPSA) is 64.9 Å². The van der Waals surface area contributed by atoms with Gasteiger partial charge in [-0.05, 0) is 19.1 Å². The number of anilines is 1. The van der Waals surface area contributed by atoms with Crippen molar-refractivity contribution in [1.29, 1.82) is 5.26 Å². The molecule has 1 aromatic rings. The van der Waals surface area contributed by atoms with Gasteiger partial charge in [0.25, 0.3) is 0 Å². The molecule has 1 amide bonds. The number of nitrogens with zero attached hydrogens (tertiary/aromatic N) is 1. The number of nitrogens with one attached hydrogen (secondary N) is 2. The lowest BCUT2D eigenvalue weighted by molar-refractivity contribution is -0.119. The van der Waals surface area contributed by atoms with Crippen molar-refractivity contribution in [3.63, 3.8) is 0 Å². The van der Waals surface area contributed by atoms with Crippen molar-refractivity contribution < 1.29 is 4.79 Å². The molecule has 0 bridgehead atoms. The van der Waals surface area contributed by atoms with Crippen LogP contribution in [-0.4, -0.2) is 19.0 Å². The Morgan fingerprint density at radius 2 is 2.20 bits per heavy atom. The van der Waals surface area contributed by atoms with Gasteiger partial charge in [0.15, 0.2) is 0 Å². The van der Waals surface area contributed by atoms with E-state index in [-0.39, 0.29) is 12.5 Å². The molecule has 0 aliphatic carbocycles. The van der Waals surface area contributed by atoms with Crippen LogP contribution in [0, 0.1) is 11.3 Å². The van der Waals surface area contributed by atoms with E-state index in [1.54, 1.807) is 18.2 Å². The Morgan fingerprint density at radius 3 is 2.87 bits per heavy atom. The van der Waals surface area contributed by atoms with E-state index in [1.807, 2.05) is 13.0 Å². The van der Waals surface area contributed by atoms with E-state index in [0.29, 0.717) is 17.8 Å². The fourth-order valence-corrected chi connectivity index (χ4v) is 1.17. The molecule has 1 aromatic carbocycles. The molecular formula is C11H13N3O. The van der Waals surface area contributed by atoms with Crippen LogP contribution in [-0.2, 0) is 4.79 Å². The van der Waals surface area contributed by atoms with Crippen LogP contribution < -0.4 is 10.6 Å². The minimum absolute atomic E-state index is 0.0785. The molecule has 0 heterocycles. The highest BCUT2D eigenvalue weighted by Crippen LogP contribution is 2.12. The van der Waals surface area contributed by atoms with Gasteiger partial charge in [-0.15, -0.1) is 0 Å². The molecule has 2 N–H and O–H groups in total. The van der Waals surface area contributed by atoms with Crippen molar-refractivity contribution in [1.82, 2.24) is 5.32 Å². The molecule has 0 spiro atoms. The minimum Gasteiger partial charge on any atom is -0.375 e. The summed E-state index contributed by atoms with van der Waals surface area (Å²) in [4.78, 5) is 11.2. The summed E-state index contributed by atoms with van der Waals surface area (Å²) < 4.78 is 0. The van der Waals surface area contributed by atoms with E-state index in [4.69, 9.17) is 5.26 Å². The molecule has 0 saturated carbocycles. The van der Waals surface area contributed by atoms with Gasteiger partial charge in [-0.2, -0.15) is 5.26 Å². The molecule has 4 nitrogen and oxygen atoms in total. The maximum atomic E-state index is 11.2. The summed E-state index contributed by atoms with van der Waals surface area (Å²) in [6, 6.07) is 9.15. The smallest absolute Gasteiger partial charge is 0.239 e. The predicted octanol–water partition coefficient (Wildman–Crippen LogP) is 1.11. The van der Waals surface area contributed by atoms with Crippen molar-refractivity contribution in [2.45, 2.75) is 6.92 Å². The fourth-order valence-electron chi connectivity index (χ4n) is 1.17. The van der Waals surface area contributed by atoms with Gasteiger partial charge in [0.2, 0.25) is 5.91 Å². The first-order valence-electron chi connectivity index (χ1n) is 4.77. The summed E-state index contributed by atoms with van der Waals surface area (Å²) in [5.74, 6) is -0.0785. The van der Waals surface area contributed by atoms with Gasteiger partial charge in [0, 0.05) is 6.54 Å². The number of carbonyl (C=O) groups excluding carboxylic acids is 1. The molecular weight excluding hydrogens is 190 g/mol. The molecule has 0 aromatic heterocycles. The molecule has 0 radical (unpaired) electrons. The first-order valence-corrected chi connectivity index (χ1v) is 4.77. The second kappa shape index (κ2) is 5.66. The minimum atomic E-state index is -0.0785. The van der Waals surface area contributed by atoms with Crippen molar-refractivity contribution in [2.24, 2.45) is 0 Å². The molecule has 0 aliphatic heterocycles. The summed E-state index contributed by atoms with van der Waals surface area (Å²) in [6.07, 6.45) is 0. The van der Waals surface area contributed by atoms with Crippen LogP contribution in [0.4, 0.5) is 5.69 Å². The third kappa shape index (κ3) is 3.31. The van der Waals surface area contributed by atoms with Gasteiger partial charge >= 0.3 is 0 Å². The average Bonchev–Trinajstić information content (AvgIpc) is 2.27. The Labute approximate surface area is 88.9 Å². The Bertz CT molecular complexity index is 382. The Balaban J connectivity index is 2.58. The van der Waals surface area contributed by atoms with E-state index in [1.165, 1.54) is 0 Å². The predicted molar refractivity (Wildman–Crippen MR) is 58.3 cm³/mol. The molecule has 0 aliphatic rings. The number of amides is 1. The van der Waals surface area contributed by atoms with Crippen LogP contribution in [0.1, 0.15) is 12.5 Å². The van der Waals surface area contributed by atoms with Gasteiger partial charge < -0.3 is 10.6 Å². The van der Waals surface area contributed by atoms with E-state index >= 15 is 0 Å². The molecule has 4 heteroatoms. The molecule has 0 unspecified atom stereocenters. The van der Waals surface area contributed by atoms with Gasteiger partial charge in [-0.25, -0.2) is 0 Å². The van der Waals surface area contributed by atoms with E-state index in [2.05, 4.69) is 16.7 Å². The van der Waals surface area contributed by atoms with Gasteiger partial charge in [-0.3, -0.25) is 4.79 Å². The summed E-state index contributed by atoms with van der Waals surface area (Å²) in [6.45, 7) is 2.66. The number of hydrogen-bond acceptors (Lipinski definition) is 3. The van der Waals surface area contributed by atoms with Gasteiger partial charge in [0.1, 0.15) is 6.07 Å². The maximum absolute atomic E-state index is 11.2. The lowest BCUT2D eigenvalue weighted by atomic mass is 10.2. The number of hydrogen-bond donors (Lipinski definition) is 2. The van der Waals surface area contributed by atoms with Crippen LogP contribution >= 0.6 is 0 Å². The Kier molecular flexibility index (Phi) is 4.17. The Morgan fingerprint density at radius 1 is 1.47 bits per heavy atom. The monoisotopic (exact) mass is 203 g/mol. The SMILES string of the molecule is CCNC(=O)CNc1ccccc1C#N. The third-order valence-corrected chi connectivity index (χ3v) is 1.86. The van der Waals surface area contributed by atoms with Gasteiger partial charge in [0.05, 0.1) is 17.8 Å². The van der Waals surface area contributed by atoms with Crippen molar-refractivity contribution in [2.75, 3.05) is 18.4 Å². The highest BCUT2D eigenvalue weighted by molar-refractivity contribution is 5.81. The maximum Gasteiger partial charge on any atom is 0.239 e. The highest BCUT2D eigenvalue weighted by atomic mass is 16.1. The second-order valence-electron chi connectivity index (χ2n) is 2.96. The molecule has 0 fully saturated rings.